The lowest BCUT2D eigenvalue weighted by molar-refractivity contribution is -0.344. The normalized spacial score (nSPS) is 19.4. The SMILES string of the molecule is COc1ccc2c(c1N1CCC(OC(F)(F)F)CC1)CN1CCc3cc4c(cc3C1=C2)OCO4. The zero-order chi connectivity index (χ0) is 23.4. The highest BCUT2D eigenvalue weighted by molar-refractivity contribution is 5.88. The number of anilines is 1. The van der Waals surface area contributed by atoms with Crippen LogP contribution in [0.3, 0.4) is 0 Å². The predicted molar refractivity (Wildman–Crippen MR) is 120 cm³/mol. The fourth-order valence-corrected chi connectivity index (χ4v) is 5.48. The van der Waals surface area contributed by atoms with Crippen molar-refractivity contribution in [1.82, 2.24) is 4.90 Å². The Morgan fingerprint density at radius 2 is 1.76 bits per heavy atom. The average molecular weight is 474 g/mol. The summed E-state index contributed by atoms with van der Waals surface area (Å²) >= 11 is 0. The van der Waals surface area contributed by atoms with Gasteiger partial charge in [-0.25, -0.2) is 0 Å². The van der Waals surface area contributed by atoms with Crippen molar-refractivity contribution in [2.75, 3.05) is 38.4 Å². The lowest BCUT2D eigenvalue weighted by Gasteiger charge is -2.40. The minimum Gasteiger partial charge on any atom is -0.495 e. The molecule has 4 aliphatic heterocycles. The first-order valence-electron chi connectivity index (χ1n) is 11.5. The minimum atomic E-state index is -4.60. The molecule has 34 heavy (non-hydrogen) atoms. The Morgan fingerprint density at radius 1 is 1.00 bits per heavy atom. The van der Waals surface area contributed by atoms with E-state index in [1.165, 1.54) is 5.56 Å². The number of piperidine rings is 1. The van der Waals surface area contributed by atoms with Crippen molar-refractivity contribution >= 4 is 17.5 Å². The van der Waals surface area contributed by atoms with Gasteiger partial charge in [0.25, 0.3) is 0 Å². The summed E-state index contributed by atoms with van der Waals surface area (Å²) < 4.78 is 59.1. The second-order valence-corrected chi connectivity index (χ2v) is 9.00. The summed E-state index contributed by atoms with van der Waals surface area (Å²) in [6.07, 6.45) is -1.67. The molecule has 0 unspecified atom stereocenters. The van der Waals surface area contributed by atoms with Gasteiger partial charge in [-0.05, 0) is 54.7 Å². The first-order valence-corrected chi connectivity index (χ1v) is 11.5. The van der Waals surface area contributed by atoms with Crippen LogP contribution in [0.25, 0.3) is 11.8 Å². The monoisotopic (exact) mass is 474 g/mol. The third-order valence-corrected chi connectivity index (χ3v) is 7.07. The summed E-state index contributed by atoms with van der Waals surface area (Å²) in [6.45, 7) is 2.79. The first-order chi connectivity index (χ1) is 16.4. The Labute approximate surface area is 195 Å². The fraction of sp³-hybridized carbons (Fsp3) is 0.440. The number of alkyl halides is 3. The molecule has 0 saturated carbocycles. The maximum Gasteiger partial charge on any atom is 0.522 e. The van der Waals surface area contributed by atoms with Gasteiger partial charge in [0.2, 0.25) is 6.79 Å². The number of fused-ring (bicyclic) bond motifs is 5. The van der Waals surface area contributed by atoms with E-state index in [9.17, 15) is 13.2 Å². The summed E-state index contributed by atoms with van der Waals surface area (Å²) in [7, 11) is 1.63. The lowest BCUT2D eigenvalue weighted by Crippen LogP contribution is -2.40. The van der Waals surface area contributed by atoms with Crippen LogP contribution >= 0.6 is 0 Å². The topological polar surface area (TPSA) is 43.4 Å². The molecule has 180 valence electrons. The zero-order valence-corrected chi connectivity index (χ0v) is 18.8. The molecule has 0 aliphatic carbocycles. The molecule has 0 atom stereocenters. The predicted octanol–water partition coefficient (Wildman–Crippen LogP) is 4.80. The summed E-state index contributed by atoms with van der Waals surface area (Å²) in [5.74, 6) is 2.31. The van der Waals surface area contributed by atoms with Gasteiger partial charge in [-0.15, -0.1) is 13.2 Å². The summed E-state index contributed by atoms with van der Waals surface area (Å²) in [6, 6.07) is 8.15. The highest BCUT2D eigenvalue weighted by Crippen LogP contribution is 2.46. The number of rotatable bonds is 3. The molecule has 4 aliphatic rings. The standard InChI is InChI=1S/C25H25F3N2O4/c1-31-21-3-2-15-10-20-18-12-23-22(32-14-33-23)11-16(18)4-7-30(20)13-19(15)24(21)29-8-5-17(6-9-29)34-25(26,27)28/h2-3,10-12,17H,4-9,13-14H2,1H3. The van der Waals surface area contributed by atoms with E-state index >= 15 is 0 Å². The molecule has 2 aromatic carbocycles. The minimum absolute atomic E-state index is 0.248. The van der Waals surface area contributed by atoms with Crippen LogP contribution in [0.15, 0.2) is 24.3 Å². The second-order valence-electron chi connectivity index (χ2n) is 9.00. The van der Waals surface area contributed by atoms with Crippen LogP contribution < -0.4 is 19.1 Å². The fourth-order valence-electron chi connectivity index (χ4n) is 5.48. The van der Waals surface area contributed by atoms with Crippen LogP contribution in [0.2, 0.25) is 0 Å². The molecular weight excluding hydrogens is 449 g/mol. The number of hydrogen-bond donors (Lipinski definition) is 0. The quantitative estimate of drug-likeness (QED) is 0.637. The molecule has 6 rings (SSSR count). The maximum absolute atomic E-state index is 12.7. The van der Waals surface area contributed by atoms with E-state index in [1.54, 1.807) is 7.11 Å². The molecule has 9 heteroatoms. The van der Waals surface area contributed by atoms with Gasteiger partial charge >= 0.3 is 6.36 Å². The van der Waals surface area contributed by atoms with Crippen LogP contribution in [-0.4, -0.2) is 50.9 Å². The summed E-state index contributed by atoms with van der Waals surface area (Å²) in [5, 5.41) is 0. The van der Waals surface area contributed by atoms with Crippen LogP contribution in [0.5, 0.6) is 17.2 Å². The van der Waals surface area contributed by atoms with E-state index in [2.05, 4.69) is 38.8 Å². The molecule has 1 saturated heterocycles. The molecule has 6 nitrogen and oxygen atoms in total. The smallest absolute Gasteiger partial charge is 0.495 e. The Bertz CT molecular complexity index is 1160. The van der Waals surface area contributed by atoms with Gasteiger partial charge in [0.1, 0.15) is 5.75 Å². The molecule has 1 fully saturated rings. The zero-order valence-electron chi connectivity index (χ0n) is 18.8. The van der Waals surface area contributed by atoms with Crippen LogP contribution in [0, 0.1) is 0 Å². The molecule has 0 amide bonds. The largest absolute Gasteiger partial charge is 0.522 e. The van der Waals surface area contributed by atoms with Crippen molar-refractivity contribution in [3.8, 4) is 17.2 Å². The average Bonchev–Trinajstić information content (AvgIpc) is 3.28. The molecule has 0 radical (unpaired) electrons. The van der Waals surface area contributed by atoms with E-state index in [4.69, 9.17) is 14.2 Å². The Hall–Kier alpha value is -3.07. The van der Waals surface area contributed by atoms with E-state index in [0.29, 0.717) is 32.5 Å². The summed E-state index contributed by atoms with van der Waals surface area (Å²) in [4.78, 5) is 4.50. The Morgan fingerprint density at radius 3 is 2.50 bits per heavy atom. The van der Waals surface area contributed by atoms with E-state index in [1.807, 2.05) is 6.07 Å². The van der Waals surface area contributed by atoms with Gasteiger partial charge in [-0.3, -0.25) is 4.74 Å². The molecule has 0 aromatic heterocycles. The maximum atomic E-state index is 12.7. The number of benzene rings is 2. The van der Waals surface area contributed by atoms with Crippen molar-refractivity contribution < 1.29 is 32.1 Å². The number of methoxy groups -OCH3 is 1. The number of ether oxygens (including phenoxy) is 4. The van der Waals surface area contributed by atoms with Gasteiger partial charge in [-0.2, -0.15) is 0 Å². The van der Waals surface area contributed by atoms with Crippen LogP contribution in [-0.2, 0) is 17.7 Å². The van der Waals surface area contributed by atoms with Crippen molar-refractivity contribution in [2.45, 2.75) is 38.3 Å². The van der Waals surface area contributed by atoms with E-state index < -0.39 is 12.5 Å². The molecule has 4 heterocycles. The molecular formula is C25H25F3N2O4. The highest BCUT2D eigenvalue weighted by Gasteiger charge is 2.36. The van der Waals surface area contributed by atoms with Crippen molar-refractivity contribution in [3.63, 3.8) is 0 Å². The molecule has 2 aromatic rings. The van der Waals surface area contributed by atoms with Gasteiger partial charge < -0.3 is 24.0 Å². The van der Waals surface area contributed by atoms with Gasteiger partial charge in [-0.1, -0.05) is 6.07 Å². The van der Waals surface area contributed by atoms with Crippen molar-refractivity contribution in [3.05, 3.63) is 46.5 Å². The summed E-state index contributed by atoms with van der Waals surface area (Å²) in [5.41, 5.74) is 6.76. The lowest BCUT2D eigenvalue weighted by atomic mass is 9.89. The van der Waals surface area contributed by atoms with E-state index in [-0.39, 0.29) is 6.79 Å². The van der Waals surface area contributed by atoms with Crippen molar-refractivity contribution in [1.29, 1.82) is 0 Å². The van der Waals surface area contributed by atoms with Crippen molar-refractivity contribution in [2.24, 2.45) is 0 Å². The van der Waals surface area contributed by atoms with Crippen LogP contribution in [0.1, 0.15) is 35.1 Å². The van der Waals surface area contributed by atoms with Gasteiger partial charge in [0.15, 0.2) is 11.5 Å². The van der Waals surface area contributed by atoms with E-state index in [0.717, 1.165) is 58.3 Å². The third-order valence-electron chi connectivity index (χ3n) is 7.07. The molecule has 0 bridgehead atoms. The number of halogens is 3. The number of nitrogens with zero attached hydrogens (tertiary/aromatic N) is 2. The Kier molecular flexibility index (Phi) is 5.05. The van der Waals surface area contributed by atoms with Crippen LogP contribution in [0.4, 0.5) is 18.9 Å². The molecule has 0 spiro atoms. The number of hydrogen-bond acceptors (Lipinski definition) is 6. The molecule has 0 N–H and O–H groups in total. The Balaban J connectivity index is 1.34. The third kappa shape index (κ3) is 3.72. The first kappa shape index (κ1) is 21.5. The second kappa shape index (κ2) is 8.01. The highest BCUT2D eigenvalue weighted by atomic mass is 19.4. The van der Waals surface area contributed by atoms with Gasteiger partial charge in [0.05, 0.1) is 18.9 Å². The van der Waals surface area contributed by atoms with Gasteiger partial charge in [0, 0.05) is 43.0 Å².